The zero-order valence-corrected chi connectivity index (χ0v) is 27.6. The van der Waals surface area contributed by atoms with E-state index in [1.807, 2.05) is 0 Å². The first-order valence-electron chi connectivity index (χ1n) is 18.3. The summed E-state index contributed by atoms with van der Waals surface area (Å²) in [5.41, 5.74) is 0. The lowest BCUT2D eigenvalue weighted by molar-refractivity contribution is -0.727. The molecule has 2 nitrogen and oxygen atoms in total. The van der Waals surface area contributed by atoms with Crippen LogP contribution in [0.2, 0.25) is 0 Å². The van der Waals surface area contributed by atoms with Crippen LogP contribution in [0.3, 0.4) is 0 Å². The molecular weight excluding hydrogens is 472 g/mol. The second-order valence-electron chi connectivity index (χ2n) is 12.9. The number of imidazole rings is 1. The molecule has 0 radical (unpaired) electrons. The van der Waals surface area contributed by atoms with Crippen molar-refractivity contribution in [2.45, 2.75) is 219 Å². The number of hydrogen-bond acceptors (Lipinski definition) is 0. The van der Waals surface area contributed by atoms with E-state index in [9.17, 15) is 0 Å². The van der Waals surface area contributed by atoms with Gasteiger partial charge in [0.15, 0.2) is 0 Å². The van der Waals surface area contributed by atoms with Gasteiger partial charge in [-0.15, -0.1) is 0 Å². The van der Waals surface area contributed by atoms with E-state index in [1.54, 1.807) is 0 Å². The number of rotatable bonds is 30. The predicted molar refractivity (Wildman–Crippen MR) is 175 cm³/mol. The average Bonchev–Trinajstić information content (AvgIpc) is 3.44. The predicted octanol–water partition coefficient (Wildman–Crippen LogP) is 12.9. The fourth-order valence-electron chi connectivity index (χ4n) is 6.43. The van der Waals surface area contributed by atoms with E-state index < -0.39 is 0 Å². The zero-order valence-electron chi connectivity index (χ0n) is 27.6. The number of hydrogen-bond donors (Lipinski definition) is 1. The first-order chi connectivity index (χ1) is 19.2. The van der Waals surface area contributed by atoms with Crippen molar-refractivity contribution in [1.82, 2.24) is 4.98 Å². The number of nitrogens with one attached hydrogen (secondary N) is 1. The minimum absolute atomic E-state index is 0.621. The number of aromatic amines is 1. The van der Waals surface area contributed by atoms with E-state index in [4.69, 9.17) is 0 Å². The van der Waals surface area contributed by atoms with Crippen molar-refractivity contribution in [3.8, 4) is 0 Å². The summed E-state index contributed by atoms with van der Waals surface area (Å²) in [4.78, 5) is 3.73. The van der Waals surface area contributed by atoms with Gasteiger partial charge >= 0.3 is 0 Å². The largest absolute Gasteiger partial charge is 0.257 e. The third kappa shape index (κ3) is 19.8. The fourth-order valence-corrected chi connectivity index (χ4v) is 6.43. The minimum Gasteiger partial charge on any atom is -0.247 e. The van der Waals surface area contributed by atoms with Crippen molar-refractivity contribution in [2.75, 3.05) is 0 Å². The third-order valence-corrected chi connectivity index (χ3v) is 9.14. The summed E-state index contributed by atoms with van der Waals surface area (Å²) in [6.07, 6.45) is 44.2. The van der Waals surface area contributed by atoms with Gasteiger partial charge in [-0.2, -0.15) is 0 Å². The summed E-state index contributed by atoms with van der Waals surface area (Å²) in [6.45, 7) is 9.39. The lowest BCUT2D eigenvalue weighted by Crippen LogP contribution is -2.41. The molecule has 39 heavy (non-hydrogen) atoms. The molecule has 1 aromatic heterocycles. The summed E-state index contributed by atoms with van der Waals surface area (Å²) < 4.78 is 2.62. The Labute approximate surface area is 246 Å². The molecule has 0 fully saturated rings. The maximum absolute atomic E-state index is 3.73. The molecule has 0 aliphatic heterocycles. The highest BCUT2D eigenvalue weighted by Crippen LogP contribution is 2.27. The number of aromatic nitrogens is 2. The topological polar surface area (TPSA) is 19.7 Å². The Hall–Kier alpha value is -0.790. The van der Waals surface area contributed by atoms with Crippen LogP contribution < -0.4 is 4.57 Å². The van der Waals surface area contributed by atoms with Crippen molar-refractivity contribution in [3.05, 3.63) is 18.2 Å². The lowest BCUT2D eigenvalue weighted by atomic mass is 9.92. The normalized spacial score (nSPS) is 13.2. The van der Waals surface area contributed by atoms with Gasteiger partial charge in [0, 0.05) is 0 Å². The van der Waals surface area contributed by atoms with Gasteiger partial charge < -0.3 is 0 Å². The smallest absolute Gasteiger partial charge is 0.247 e. The lowest BCUT2D eigenvalue weighted by Gasteiger charge is -2.17. The van der Waals surface area contributed by atoms with E-state index in [-0.39, 0.29) is 0 Å². The molecular formula is C37H73N2+. The van der Waals surface area contributed by atoms with Gasteiger partial charge in [-0.25, -0.2) is 9.55 Å². The summed E-state index contributed by atoms with van der Waals surface area (Å²) in [7, 11) is 0. The number of nitrogens with zero attached hydrogens (tertiary/aromatic N) is 1. The quantitative estimate of drug-likeness (QED) is 0.0732. The molecule has 1 rings (SSSR count). The van der Waals surface area contributed by atoms with E-state index in [0.29, 0.717) is 12.0 Å². The van der Waals surface area contributed by atoms with Gasteiger partial charge in [-0.05, 0) is 32.6 Å². The van der Waals surface area contributed by atoms with Crippen LogP contribution in [0.4, 0.5) is 0 Å². The van der Waals surface area contributed by atoms with Gasteiger partial charge in [0.05, 0.1) is 12.0 Å². The third-order valence-electron chi connectivity index (χ3n) is 9.14. The molecule has 0 amide bonds. The van der Waals surface area contributed by atoms with Crippen LogP contribution >= 0.6 is 0 Å². The van der Waals surface area contributed by atoms with Crippen LogP contribution in [0.1, 0.15) is 225 Å². The van der Waals surface area contributed by atoms with Crippen molar-refractivity contribution < 1.29 is 4.57 Å². The van der Waals surface area contributed by atoms with Crippen LogP contribution in [0.5, 0.6) is 0 Å². The molecule has 1 N–H and O–H groups in total. The molecule has 1 heterocycles. The van der Waals surface area contributed by atoms with Crippen LogP contribution in [-0.2, 0) is 0 Å². The van der Waals surface area contributed by atoms with Crippen LogP contribution in [-0.4, -0.2) is 4.98 Å². The molecule has 0 saturated carbocycles. The second-order valence-corrected chi connectivity index (χ2v) is 12.9. The van der Waals surface area contributed by atoms with Crippen molar-refractivity contribution in [3.63, 3.8) is 0 Å². The highest BCUT2D eigenvalue weighted by atomic mass is 15.1. The highest BCUT2D eigenvalue weighted by Gasteiger charge is 2.25. The molecule has 230 valence electrons. The van der Waals surface area contributed by atoms with Crippen LogP contribution in [0, 0.1) is 0 Å². The van der Waals surface area contributed by atoms with Gasteiger partial charge in [0.25, 0.3) is 5.82 Å². The fraction of sp³-hybridized carbons (Fsp3) is 0.919. The number of unbranched alkanes of at least 4 members (excludes halogenated alkanes) is 22. The van der Waals surface area contributed by atoms with E-state index in [1.165, 1.54) is 186 Å². The molecule has 0 aliphatic carbocycles. The van der Waals surface area contributed by atoms with E-state index in [0.717, 1.165) is 0 Å². The van der Waals surface area contributed by atoms with Gasteiger partial charge in [0.2, 0.25) is 0 Å². The Morgan fingerprint density at radius 1 is 0.487 bits per heavy atom. The highest BCUT2D eigenvalue weighted by molar-refractivity contribution is 4.90. The number of H-pyrrole nitrogens is 1. The Balaban J connectivity index is 2.42. The SMILES string of the molecule is CCCCCCCCCCCCCC(CCCCCCCCCCCC)c1[nH]cc[n+]1C(C)CCCCCC. The Morgan fingerprint density at radius 3 is 1.23 bits per heavy atom. The Morgan fingerprint density at radius 2 is 0.821 bits per heavy atom. The summed E-state index contributed by atoms with van der Waals surface area (Å²) >= 11 is 0. The monoisotopic (exact) mass is 546 g/mol. The van der Waals surface area contributed by atoms with Crippen molar-refractivity contribution in [1.29, 1.82) is 0 Å². The first kappa shape index (κ1) is 36.2. The van der Waals surface area contributed by atoms with Gasteiger partial charge in [0.1, 0.15) is 12.4 Å². The summed E-state index contributed by atoms with van der Waals surface area (Å²) in [5.74, 6) is 2.24. The second kappa shape index (κ2) is 27.4. The Kier molecular flexibility index (Phi) is 25.4. The maximum atomic E-state index is 3.73. The van der Waals surface area contributed by atoms with Gasteiger partial charge in [-0.1, -0.05) is 175 Å². The molecule has 2 atom stereocenters. The molecule has 2 heteroatoms. The Bertz CT molecular complexity index is 606. The minimum atomic E-state index is 0.621. The van der Waals surface area contributed by atoms with Crippen molar-refractivity contribution in [2.24, 2.45) is 0 Å². The molecule has 1 aromatic rings. The van der Waals surface area contributed by atoms with E-state index >= 15 is 0 Å². The summed E-state index contributed by atoms with van der Waals surface area (Å²) in [5, 5.41) is 0. The van der Waals surface area contributed by atoms with Crippen LogP contribution in [0.15, 0.2) is 12.4 Å². The molecule has 0 aliphatic rings. The maximum Gasteiger partial charge on any atom is 0.257 e. The zero-order chi connectivity index (χ0) is 28.2. The van der Waals surface area contributed by atoms with Gasteiger partial charge in [-0.3, -0.25) is 0 Å². The molecule has 0 bridgehead atoms. The molecule has 0 spiro atoms. The standard InChI is InChI=1S/C37H72N2/c1-5-8-11-14-16-18-20-22-24-26-29-32-36(31-28-25-23-21-19-17-15-12-9-6-2)37-38-33-34-39(37)35(4)30-27-13-10-7-3/h33-36H,5-32H2,1-4H3/p+1. The molecule has 2 unspecified atom stereocenters. The average molecular weight is 546 g/mol. The first-order valence-corrected chi connectivity index (χ1v) is 18.3. The molecule has 0 saturated heterocycles. The molecule has 0 aromatic carbocycles. The van der Waals surface area contributed by atoms with Crippen LogP contribution in [0.25, 0.3) is 0 Å². The van der Waals surface area contributed by atoms with E-state index in [2.05, 4.69) is 49.6 Å². The summed E-state index contributed by atoms with van der Waals surface area (Å²) in [6, 6.07) is 0.621. The van der Waals surface area contributed by atoms with Crippen molar-refractivity contribution >= 4 is 0 Å².